The van der Waals surface area contributed by atoms with Crippen LogP contribution in [0.25, 0.3) is 11.1 Å². The smallest absolute Gasteiger partial charge is 1.00 e. The van der Waals surface area contributed by atoms with Crippen LogP contribution in [-0.2, 0) is 32.6 Å². The van der Waals surface area contributed by atoms with Crippen LogP contribution in [0.15, 0.2) is 30.3 Å². The van der Waals surface area contributed by atoms with Gasteiger partial charge in [0, 0.05) is 0 Å². The van der Waals surface area contributed by atoms with Gasteiger partial charge in [-0.25, -0.2) is 0 Å². The Kier molecular flexibility index (Phi) is 9.32. The first-order valence-electron chi connectivity index (χ1n) is 10.6. The van der Waals surface area contributed by atoms with Gasteiger partial charge in [-0.15, -0.1) is 5.56 Å². The van der Waals surface area contributed by atoms with Crippen molar-refractivity contribution >= 4 is 0 Å². The Morgan fingerprint density at radius 1 is 0.679 bits per heavy atom. The minimum absolute atomic E-state index is 0. The molecular weight excluding hydrogens is 462 g/mol. The molecular formula is C25H29Cl2Zr. The molecule has 0 saturated heterocycles. The zero-order valence-corrected chi connectivity index (χ0v) is 20.5. The van der Waals surface area contributed by atoms with E-state index in [1.807, 2.05) is 0 Å². The standard InChI is InChI=1S/C25H29.2ClH.Zr/c1-3-7-18(8-4-1)20-11-13-22-15-23-14-12-21(17-25(23)24(22)16-20)19-9-5-2-6-10-19;;;/h11-13,16-19H,1-10,15H2;2*1H;/q-1;;;+3/p-2. The van der Waals surface area contributed by atoms with Crippen LogP contribution in [0.5, 0.6) is 0 Å². The van der Waals surface area contributed by atoms with E-state index in [4.69, 9.17) is 0 Å². The Morgan fingerprint density at radius 2 is 1.25 bits per heavy atom. The fourth-order valence-electron chi connectivity index (χ4n) is 5.48. The Bertz CT molecular complexity index is 709. The Labute approximate surface area is 202 Å². The molecule has 3 heteroatoms. The average molecular weight is 492 g/mol. The van der Waals surface area contributed by atoms with Crippen molar-refractivity contribution in [3.05, 3.63) is 58.7 Å². The van der Waals surface area contributed by atoms with Gasteiger partial charge >= 0.3 is 26.2 Å². The number of hydrogen-bond acceptors (Lipinski definition) is 0. The molecule has 0 amide bonds. The first-order chi connectivity index (χ1) is 12.4. The maximum absolute atomic E-state index is 3.66. The Hall–Kier alpha value is -0.0969. The molecule has 2 saturated carbocycles. The van der Waals surface area contributed by atoms with Crippen molar-refractivity contribution in [2.75, 3.05) is 0 Å². The van der Waals surface area contributed by atoms with E-state index in [2.05, 4.69) is 36.4 Å². The molecule has 0 bridgehead atoms. The van der Waals surface area contributed by atoms with E-state index in [1.54, 1.807) is 11.1 Å². The number of benzene rings is 2. The SMILES string of the molecule is [Cl-].[Cl-].[Zr+3].[c-]1cc(C2CCCCC2)cc2c1Cc1ccc(C3CCCCC3)cc1-2. The topological polar surface area (TPSA) is 0 Å². The van der Waals surface area contributed by atoms with Crippen molar-refractivity contribution in [1.29, 1.82) is 0 Å². The van der Waals surface area contributed by atoms with E-state index < -0.39 is 0 Å². The zero-order chi connectivity index (χ0) is 16.6. The van der Waals surface area contributed by atoms with Gasteiger partial charge in [-0.3, -0.25) is 0 Å². The second-order valence-corrected chi connectivity index (χ2v) is 8.59. The molecule has 0 aromatic heterocycles. The molecule has 0 heterocycles. The predicted octanol–water partition coefficient (Wildman–Crippen LogP) is 1.16. The quantitative estimate of drug-likeness (QED) is 0.472. The molecule has 2 fully saturated rings. The van der Waals surface area contributed by atoms with E-state index in [0.717, 1.165) is 18.3 Å². The van der Waals surface area contributed by atoms with E-state index in [0.29, 0.717) is 0 Å². The summed E-state index contributed by atoms with van der Waals surface area (Å²) in [5, 5.41) is 0. The molecule has 28 heavy (non-hydrogen) atoms. The van der Waals surface area contributed by atoms with Crippen LogP contribution in [0.3, 0.4) is 0 Å². The normalized spacial score (nSPS) is 18.9. The van der Waals surface area contributed by atoms with Crippen molar-refractivity contribution in [1.82, 2.24) is 0 Å². The first kappa shape index (κ1) is 24.2. The second-order valence-electron chi connectivity index (χ2n) is 8.59. The number of hydrogen-bond donors (Lipinski definition) is 0. The fraction of sp³-hybridized carbons (Fsp3) is 0.520. The summed E-state index contributed by atoms with van der Waals surface area (Å²) in [7, 11) is 0. The molecule has 3 aliphatic rings. The summed E-state index contributed by atoms with van der Waals surface area (Å²) < 4.78 is 0. The van der Waals surface area contributed by atoms with Crippen molar-refractivity contribution in [2.24, 2.45) is 0 Å². The summed E-state index contributed by atoms with van der Waals surface area (Å²) in [6.45, 7) is 0. The molecule has 2 aromatic carbocycles. The summed E-state index contributed by atoms with van der Waals surface area (Å²) in [6, 6.07) is 15.9. The monoisotopic (exact) mass is 489 g/mol. The molecule has 0 unspecified atom stereocenters. The molecule has 1 radical (unpaired) electrons. The van der Waals surface area contributed by atoms with Gasteiger partial charge in [0.25, 0.3) is 0 Å². The van der Waals surface area contributed by atoms with Gasteiger partial charge < -0.3 is 24.8 Å². The molecule has 5 rings (SSSR count). The molecule has 3 aliphatic carbocycles. The summed E-state index contributed by atoms with van der Waals surface area (Å²) in [4.78, 5) is 0. The Morgan fingerprint density at radius 3 is 1.89 bits per heavy atom. The third kappa shape index (κ3) is 4.79. The van der Waals surface area contributed by atoms with Crippen molar-refractivity contribution in [3.63, 3.8) is 0 Å². The van der Waals surface area contributed by atoms with Gasteiger partial charge in [0.2, 0.25) is 0 Å². The number of rotatable bonds is 2. The third-order valence-electron chi connectivity index (χ3n) is 6.99. The van der Waals surface area contributed by atoms with Crippen LogP contribution in [-0.4, -0.2) is 0 Å². The van der Waals surface area contributed by atoms with Gasteiger partial charge in [-0.1, -0.05) is 86.6 Å². The van der Waals surface area contributed by atoms with Crippen LogP contribution in [0.4, 0.5) is 0 Å². The molecule has 0 spiro atoms. The van der Waals surface area contributed by atoms with Crippen LogP contribution >= 0.6 is 0 Å². The summed E-state index contributed by atoms with van der Waals surface area (Å²) in [6.07, 6.45) is 15.1. The maximum atomic E-state index is 3.66. The van der Waals surface area contributed by atoms with Gasteiger partial charge in [-0.2, -0.15) is 29.3 Å². The summed E-state index contributed by atoms with van der Waals surface area (Å²) in [5.74, 6) is 1.58. The molecule has 0 aliphatic heterocycles. The average Bonchev–Trinajstić information content (AvgIpc) is 3.06. The first-order valence-corrected chi connectivity index (χ1v) is 10.6. The van der Waals surface area contributed by atoms with Crippen LogP contribution in [0.1, 0.15) is 98.3 Å². The van der Waals surface area contributed by atoms with Crippen LogP contribution in [0.2, 0.25) is 0 Å². The summed E-state index contributed by atoms with van der Waals surface area (Å²) >= 11 is 0. The van der Waals surface area contributed by atoms with E-state index in [9.17, 15) is 0 Å². The number of halogens is 2. The molecule has 0 N–H and O–H groups in total. The maximum Gasteiger partial charge on any atom is 3.00 e. The van der Waals surface area contributed by atoms with Crippen LogP contribution < -0.4 is 24.8 Å². The van der Waals surface area contributed by atoms with Crippen molar-refractivity contribution < 1.29 is 51.0 Å². The zero-order valence-electron chi connectivity index (χ0n) is 16.6. The predicted molar refractivity (Wildman–Crippen MR) is 105 cm³/mol. The van der Waals surface area contributed by atoms with Gasteiger partial charge in [-0.05, 0) is 30.7 Å². The van der Waals surface area contributed by atoms with Gasteiger partial charge in [0.1, 0.15) is 0 Å². The third-order valence-corrected chi connectivity index (χ3v) is 6.99. The Balaban J connectivity index is 0.000000934. The largest absolute Gasteiger partial charge is 3.00 e. The second kappa shape index (κ2) is 10.8. The molecule has 147 valence electrons. The minimum atomic E-state index is 0. The van der Waals surface area contributed by atoms with E-state index in [-0.39, 0.29) is 51.0 Å². The van der Waals surface area contributed by atoms with Crippen molar-refractivity contribution in [2.45, 2.75) is 82.5 Å². The number of fused-ring (bicyclic) bond motifs is 3. The van der Waals surface area contributed by atoms with Gasteiger partial charge in [0.05, 0.1) is 0 Å². The minimum Gasteiger partial charge on any atom is -1.00 e. The van der Waals surface area contributed by atoms with Crippen LogP contribution in [0, 0.1) is 6.07 Å². The van der Waals surface area contributed by atoms with Crippen molar-refractivity contribution in [3.8, 4) is 11.1 Å². The van der Waals surface area contributed by atoms with E-state index >= 15 is 0 Å². The van der Waals surface area contributed by atoms with Gasteiger partial charge in [0.15, 0.2) is 0 Å². The van der Waals surface area contributed by atoms with E-state index in [1.165, 1.54) is 86.5 Å². The fourth-order valence-corrected chi connectivity index (χ4v) is 5.48. The molecule has 2 aromatic rings. The molecule has 0 atom stereocenters. The summed E-state index contributed by atoms with van der Waals surface area (Å²) in [5.41, 5.74) is 9.11. The molecule has 0 nitrogen and oxygen atoms in total.